The summed E-state index contributed by atoms with van der Waals surface area (Å²) in [6.45, 7) is 0. The minimum atomic E-state index is -4.67. The Hall–Kier alpha value is 1.10. The monoisotopic (exact) mass is 202 g/mol. The molecule has 0 aromatic rings. The molecular formula is H2FeO4STi. The van der Waals surface area contributed by atoms with E-state index in [2.05, 4.69) is 0 Å². The van der Waals surface area contributed by atoms with Crippen LogP contribution >= 0.6 is 0 Å². The molecule has 44 valence electrons. The second kappa shape index (κ2) is 5.24. The van der Waals surface area contributed by atoms with Crippen molar-refractivity contribution in [2.24, 2.45) is 0 Å². The summed E-state index contributed by atoms with van der Waals surface area (Å²) >= 11 is 0. The average Bonchev–Trinajstić information content (AvgIpc) is 0.722. The fourth-order valence-electron chi connectivity index (χ4n) is 0. The van der Waals surface area contributed by atoms with E-state index < -0.39 is 10.4 Å². The van der Waals surface area contributed by atoms with Crippen LogP contribution in [0.5, 0.6) is 0 Å². The molecule has 0 aliphatic rings. The van der Waals surface area contributed by atoms with E-state index in [-0.39, 0.29) is 38.8 Å². The van der Waals surface area contributed by atoms with E-state index in [4.69, 9.17) is 17.5 Å². The van der Waals surface area contributed by atoms with Gasteiger partial charge in [-0.05, 0) is 0 Å². The Bertz CT molecular complexity index is 94.9. The van der Waals surface area contributed by atoms with Gasteiger partial charge >= 0.3 is 10.4 Å². The molecule has 0 radical (unpaired) electrons. The molecule has 0 aliphatic heterocycles. The standard InChI is InChI=1S/Fe.H2O4S.Ti/c;1-5(2,3)4;/h;(H2,1,2,3,4);. The molecule has 0 aromatic carbocycles. The van der Waals surface area contributed by atoms with Crippen molar-refractivity contribution in [3.8, 4) is 0 Å². The zero-order valence-corrected chi connectivity index (χ0v) is 6.45. The average molecular weight is 202 g/mol. The molecule has 4 nitrogen and oxygen atoms in total. The maximum atomic E-state index is 8.74. The van der Waals surface area contributed by atoms with Gasteiger partial charge in [0.25, 0.3) is 0 Å². The molecule has 7 heteroatoms. The predicted molar refractivity (Wildman–Crippen MR) is 14.2 cm³/mol. The van der Waals surface area contributed by atoms with E-state index >= 15 is 0 Å². The van der Waals surface area contributed by atoms with E-state index in [1.807, 2.05) is 0 Å². The van der Waals surface area contributed by atoms with Crippen LogP contribution < -0.4 is 0 Å². The fraction of sp³-hybridized carbons (Fsp3) is 0. The van der Waals surface area contributed by atoms with Gasteiger partial charge in [-0.25, -0.2) is 0 Å². The van der Waals surface area contributed by atoms with Crippen molar-refractivity contribution in [2.75, 3.05) is 0 Å². The van der Waals surface area contributed by atoms with Crippen LogP contribution in [0.1, 0.15) is 0 Å². The molecule has 0 bridgehead atoms. The predicted octanol–water partition coefficient (Wildman–Crippen LogP) is -0.658. The van der Waals surface area contributed by atoms with Crippen molar-refractivity contribution >= 4 is 10.4 Å². The van der Waals surface area contributed by atoms with Crippen LogP contribution in [0, 0.1) is 0 Å². The molecule has 2 N–H and O–H groups in total. The van der Waals surface area contributed by atoms with Gasteiger partial charge in [0.15, 0.2) is 0 Å². The van der Waals surface area contributed by atoms with E-state index in [0.29, 0.717) is 0 Å². The second-order valence-electron chi connectivity index (χ2n) is 0.448. The van der Waals surface area contributed by atoms with Crippen molar-refractivity contribution < 1.29 is 56.3 Å². The molecule has 0 fully saturated rings. The molecule has 0 amide bonds. The first kappa shape index (κ1) is 15.7. The summed E-state index contributed by atoms with van der Waals surface area (Å²) in [5, 5.41) is 0. The van der Waals surface area contributed by atoms with Crippen molar-refractivity contribution in [3.63, 3.8) is 0 Å². The third-order valence-electron chi connectivity index (χ3n) is 0. The molecule has 0 unspecified atom stereocenters. The molecule has 0 rings (SSSR count). The quantitative estimate of drug-likeness (QED) is 0.403. The first-order valence-corrected chi connectivity index (χ1v) is 2.10. The van der Waals surface area contributed by atoms with E-state index in [9.17, 15) is 0 Å². The van der Waals surface area contributed by atoms with Crippen molar-refractivity contribution in [1.29, 1.82) is 0 Å². The third kappa shape index (κ3) is 152. The molecule has 0 aromatic heterocycles. The summed E-state index contributed by atoms with van der Waals surface area (Å²) in [5.74, 6) is 0. The van der Waals surface area contributed by atoms with E-state index in [0.717, 1.165) is 0 Å². The van der Waals surface area contributed by atoms with Gasteiger partial charge in [-0.3, -0.25) is 9.11 Å². The molecule has 0 aliphatic carbocycles. The van der Waals surface area contributed by atoms with Gasteiger partial charge in [0.05, 0.1) is 0 Å². The van der Waals surface area contributed by atoms with Crippen molar-refractivity contribution in [3.05, 3.63) is 0 Å². The van der Waals surface area contributed by atoms with Crippen LogP contribution in [-0.4, -0.2) is 17.5 Å². The largest absolute Gasteiger partial charge is 0.394 e. The zero-order valence-electron chi connectivity index (χ0n) is 2.97. The number of hydrogen-bond donors (Lipinski definition) is 2. The number of rotatable bonds is 0. The molecule has 0 saturated heterocycles. The summed E-state index contributed by atoms with van der Waals surface area (Å²) in [5.41, 5.74) is 0. The summed E-state index contributed by atoms with van der Waals surface area (Å²) < 4.78 is 31.6. The maximum Gasteiger partial charge on any atom is 0.394 e. The van der Waals surface area contributed by atoms with Gasteiger partial charge in [-0.2, -0.15) is 8.42 Å². The van der Waals surface area contributed by atoms with Gasteiger partial charge in [-0.1, -0.05) is 0 Å². The molecule has 0 saturated carbocycles. The molecule has 0 spiro atoms. The molecule has 0 atom stereocenters. The van der Waals surface area contributed by atoms with Crippen LogP contribution in [0.25, 0.3) is 0 Å². The Morgan fingerprint density at radius 2 is 1.14 bits per heavy atom. The minimum Gasteiger partial charge on any atom is -0.264 e. The topological polar surface area (TPSA) is 74.6 Å². The number of hydrogen-bond acceptors (Lipinski definition) is 2. The van der Waals surface area contributed by atoms with Crippen LogP contribution in [0.4, 0.5) is 0 Å². The summed E-state index contributed by atoms with van der Waals surface area (Å²) in [7, 11) is -4.67. The fourth-order valence-corrected chi connectivity index (χ4v) is 0. The maximum absolute atomic E-state index is 8.74. The van der Waals surface area contributed by atoms with Crippen LogP contribution in [-0.2, 0) is 49.2 Å². The second-order valence-corrected chi connectivity index (χ2v) is 1.34. The SMILES string of the molecule is O=S(=O)(O)O.[Fe].[Ti]. The Morgan fingerprint density at radius 1 is 1.14 bits per heavy atom. The first-order valence-electron chi connectivity index (χ1n) is 0.698. The van der Waals surface area contributed by atoms with Crippen LogP contribution in [0.3, 0.4) is 0 Å². The van der Waals surface area contributed by atoms with Gasteiger partial charge in [0.1, 0.15) is 0 Å². The molecule has 0 heterocycles. The normalized spacial score (nSPS) is 8.29. The molecular weight excluding hydrogens is 200 g/mol. The van der Waals surface area contributed by atoms with Crippen molar-refractivity contribution in [2.45, 2.75) is 0 Å². The van der Waals surface area contributed by atoms with Crippen LogP contribution in [0.15, 0.2) is 0 Å². The Morgan fingerprint density at radius 3 is 1.14 bits per heavy atom. The molecule has 7 heavy (non-hydrogen) atoms. The van der Waals surface area contributed by atoms with E-state index in [1.54, 1.807) is 0 Å². The Kier molecular flexibility index (Phi) is 11.8. The Balaban J connectivity index is -0.0000000800. The van der Waals surface area contributed by atoms with E-state index in [1.165, 1.54) is 0 Å². The van der Waals surface area contributed by atoms with Gasteiger partial charge < -0.3 is 0 Å². The third-order valence-corrected chi connectivity index (χ3v) is 0. The summed E-state index contributed by atoms with van der Waals surface area (Å²) in [4.78, 5) is 0. The summed E-state index contributed by atoms with van der Waals surface area (Å²) in [6.07, 6.45) is 0. The summed E-state index contributed by atoms with van der Waals surface area (Å²) in [6, 6.07) is 0. The van der Waals surface area contributed by atoms with Gasteiger partial charge in [0.2, 0.25) is 0 Å². The van der Waals surface area contributed by atoms with Gasteiger partial charge in [0, 0.05) is 38.8 Å². The smallest absolute Gasteiger partial charge is 0.264 e. The minimum absolute atomic E-state index is 0. The zero-order chi connectivity index (χ0) is 4.50. The van der Waals surface area contributed by atoms with Gasteiger partial charge in [-0.15, -0.1) is 0 Å². The van der Waals surface area contributed by atoms with Crippen LogP contribution in [0.2, 0.25) is 0 Å². The Labute approximate surface area is 66.6 Å². The van der Waals surface area contributed by atoms with Crippen molar-refractivity contribution in [1.82, 2.24) is 0 Å². The first-order chi connectivity index (χ1) is 2.00.